The monoisotopic (exact) mass is 353 g/mol. The molecule has 0 aromatic heterocycles. The van der Waals surface area contributed by atoms with E-state index in [2.05, 4.69) is 35.6 Å². The molecule has 0 aliphatic carbocycles. The lowest BCUT2D eigenvalue weighted by Gasteiger charge is -2.32. The van der Waals surface area contributed by atoms with E-state index in [0.717, 1.165) is 36.9 Å². The van der Waals surface area contributed by atoms with Crippen molar-refractivity contribution in [2.45, 2.75) is 32.2 Å². The maximum absolute atomic E-state index is 12.6. The molecule has 1 fully saturated rings. The second-order valence-electron chi connectivity index (χ2n) is 7.23. The lowest BCUT2D eigenvalue weighted by molar-refractivity contribution is -0.919. The van der Waals surface area contributed by atoms with Gasteiger partial charge in [-0.1, -0.05) is 36.4 Å². The molecule has 1 atom stereocenters. The molecule has 4 nitrogen and oxygen atoms in total. The molecular weight excluding hydrogens is 324 g/mol. The quantitative estimate of drug-likeness (QED) is 0.838. The number of rotatable bonds is 6. The highest BCUT2D eigenvalue weighted by molar-refractivity contribution is 5.93. The number of benzene rings is 2. The van der Waals surface area contributed by atoms with E-state index in [1.165, 1.54) is 23.3 Å². The molecule has 0 unspecified atom stereocenters. The van der Waals surface area contributed by atoms with Crippen LogP contribution in [0.4, 0.5) is 5.69 Å². The smallest absolute Gasteiger partial charge is 0.282 e. The maximum Gasteiger partial charge on any atom is 0.282 e. The predicted octanol–water partition coefficient (Wildman–Crippen LogP) is 2.56. The van der Waals surface area contributed by atoms with Gasteiger partial charge in [0.05, 0.1) is 20.2 Å². The molecule has 3 rings (SSSR count). The van der Waals surface area contributed by atoms with Crippen LogP contribution in [0, 0.1) is 5.92 Å². The van der Waals surface area contributed by atoms with Crippen molar-refractivity contribution in [3.8, 4) is 5.75 Å². The third-order valence-corrected chi connectivity index (χ3v) is 5.46. The van der Waals surface area contributed by atoms with Gasteiger partial charge in [-0.15, -0.1) is 0 Å². The van der Waals surface area contributed by atoms with Crippen LogP contribution in [0.15, 0.2) is 54.6 Å². The molecule has 0 bridgehead atoms. The average molecular weight is 353 g/mol. The third kappa shape index (κ3) is 4.85. The predicted molar refractivity (Wildman–Crippen MR) is 105 cm³/mol. The van der Waals surface area contributed by atoms with E-state index in [-0.39, 0.29) is 11.9 Å². The van der Waals surface area contributed by atoms with Crippen molar-refractivity contribution in [1.29, 1.82) is 0 Å². The molecule has 0 spiro atoms. The Morgan fingerprint density at radius 2 is 1.88 bits per heavy atom. The van der Waals surface area contributed by atoms with E-state index in [4.69, 9.17) is 4.74 Å². The van der Waals surface area contributed by atoms with Gasteiger partial charge < -0.3 is 15.0 Å². The van der Waals surface area contributed by atoms with Crippen LogP contribution in [0.1, 0.15) is 25.3 Å². The number of hydrogen-bond acceptors (Lipinski definition) is 2. The minimum atomic E-state index is -0.0427. The van der Waals surface area contributed by atoms with Crippen LogP contribution < -0.4 is 15.0 Å². The number of quaternary nitrogens is 1. The van der Waals surface area contributed by atoms with E-state index in [9.17, 15) is 4.79 Å². The van der Waals surface area contributed by atoms with E-state index >= 15 is 0 Å². The first-order chi connectivity index (χ1) is 12.7. The summed E-state index contributed by atoms with van der Waals surface area (Å²) in [6.07, 6.45) is 3.51. The lowest BCUT2D eigenvalue weighted by Crippen LogP contribution is -3.17. The van der Waals surface area contributed by atoms with Crippen LogP contribution in [0.25, 0.3) is 0 Å². The normalized spacial score (nSPS) is 21.0. The highest BCUT2D eigenvalue weighted by atomic mass is 16.5. The Morgan fingerprint density at radius 3 is 2.58 bits per heavy atom. The number of methoxy groups -OCH3 is 1. The summed E-state index contributed by atoms with van der Waals surface area (Å²) < 4.78 is 5.22. The second kappa shape index (κ2) is 8.86. The highest BCUT2D eigenvalue weighted by Crippen LogP contribution is 2.18. The molecule has 4 heteroatoms. The highest BCUT2D eigenvalue weighted by Gasteiger charge is 2.30. The van der Waals surface area contributed by atoms with Crippen molar-refractivity contribution in [3.05, 3.63) is 60.2 Å². The Kier molecular flexibility index (Phi) is 6.29. The van der Waals surface area contributed by atoms with E-state index in [1.807, 2.05) is 31.2 Å². The number of likely N-dealkylation sites (tertiary alicyclic amines) is 1. The van der Waals surface area contributed by atoms with Crippen LogP contribution in [0.2, 0.25) is 0 Å². The number of amides is 1. The molecule has 2 aromatic rings. The Morgan fingerprint density at radius 1 is 1.15 bits per heavy atom. The molecule has 1 aliphatic rings. The number of anilines is 1. The fraction of sp³-hybridized carbons (Fsp3) is 0.409. The first kappa shape index (κ1) is 18.5. The van der Waals surface area contributed by atoms with Crippen molar-refractivity contribution >= 4 is 11.6 Å². The van der Waals surface area contributed by atoms with Gasteiger partial charge in [-0.25, -0.2) is 0 Å². The van der Waals surface area contributed by atoms with Gasteiger partial charge in [0.1, 0.15) is 5.75 Å². The second-order valence-corrected chi connectivity index (χ2v) is 7.23. The molecule has 2 aromatic carbocycles. The number of carbonyl (C=O) groups is 1. The van der Waals surface area contributed by atoms with Crippen molar-refractivity contribution < 1.29 is 14.4 Å². The van der Waals surface area contributed by atoms with Gasteiger partial charge in [-0.05, 0) is 49.8 Å². The SMILES string of the molecule is COc1cccc(NC(=O)[C@@H](C)[NH+]2CCC(Cc3ccccc3)CC2)c1. The Balaban J connectivity index is 1.49. The van der Waals surface area contributed by atoms with Crippen molar-refractivity contribution in [1.82, 2.24) is 0 Å². The van der Waals surface area contributed by atoms with Crippen molar-refractivity contribution in [3.63, 3.8) is 0 Å². The molecule has 1 saturated heterocycles. The molecule has 0 radical (unpaired) electrons. The molecule has 1 heterocycles. The zero-order valence-corrected chi connectivity index (χ0v) is 15.7. The summed E-state index contributed by atoms with van der Waals surface area (Å²) in [6.45, 7) is 4.15. The number of nitrogens with one attached hydrogen (secondary N) is 2. The van der Waals surface area contributed by atoms with E-state index in [1.54, 1.807) is 7.11 Å². The summed E-state index contributed by atoms with van der Waals surface area (Å²) in [5, 5.41) is 3.02. The zero-order chi connectivity index (χ0) is 18.4. The molecule has 1 amide bonds. The fourth-order valence-corrected chi connectivity index (χ4v) is 3.77. The first-order valence-electron chi connectivity index (χ1n) is 9.49. The largest absolute Gasteiger partial charge is 0.497 e. The maximum atomic E-state index is 12.6. The van der Waals surface area contributed by atoms with Gasteiger partial charge in [0, 0.05) is 11.8 Å². The molecule has 26 heavy (non-hydrogen) atoms. The summed E-state index contributed by atoms with van der Waals surface area (Å²) in [5.41, 5.74) is 2.21. The van der Waals surface area contributed by atoms with Gasteiger partial charge in [0.2, 0.25) is 0 Å². The number of hydrogen-bond donors (Lipinski definition) is 2. The van der Waals surface area contributed by atoms with Crippen LogP contribution in [-0.4, -0.2) is 32.1 Å². The van der Waals surface area contributed by atoms with Gasteiger partial charge in [0.15, 0.2) is 6.04 Å². The zero-order valence-electron chi connectivity index (χ0n) is 15.7. The molecule has 0 saturated carbocycles. The minimum Gasteiger partial charge on any atom is -0.497 e. The molecular formula is C22H29N2O2+. The number of carbonyl (C=O) groups excluding carboxylic acids is 1. The first-order valence-corrected chi connectivity index (χ1v) is 9.49. The summed E-state index contributed by atoms with van der Waals surface area (Å²) in [6, 6.07) is 18.2. The van der Waals surface area contributed by atoms with Crippen molar-refractivity contribution in [2.24, 2.45) is 5.92 Å². The standard InChI is InChI=1S/C22H28N2O2/c1-17(22(25)23-20-9-6-10-21(16-20)26-2)24-13-11-19(12-14-24)15-18-7-4-3-5-8-18/h3-10,16-17,19H,11-15H2,1-2H3,(H,23,25)/p+1/t17-/m1/s1. The van der Waals surface area contributed by atoms with Crippen molar-refractivity contribution in [2.75, 3.05) is 25.5 Å². The lowest BCUT2D eigenvalue weighted by atomic mass is 9.89. The Hall–Kier alpha value is -2.33. The van der Waals surface area contributed by atoms with Gasteiger partial charge in [-0.3, -0.25) is 4.79 Å². The van der Waals surface area contributed by atoms with Crippen LogP contribution in [-0.2, 0) is 11.2 Å². The van der Waals surface area contributed by atoms with Gasteiger partial charge in [0.25, 0.3) is 5.91 Å². The van der Waals surface area contributed by atoms with E-state index < -0.39 is 0 Å². The molecule has 2 N–H and O–H groups in total. The third-order valence-electron chi connectivity index (χ3n) is 5.46. The topological polar surface area (TPSA) is 42.8 Å². The van der Waals surface area contributed by atoms with Crippen LogP contribution >= 0.6 is 0 Å². The number of piperidine rings is 1. The van der Waals surface area contributed by atoms with Gasteiger partial charge >= 0.3 is 0 Å². The molecule has 138 valence electrons. The summed E-state index contributed by atoms with van der Waals surface area (Å²) >= 11 is 0. The van der Waals surface area contributed by atoms with Crippen LogP contribution in [0.3, 0.4) is 0 Å². The Bertz CT molecular complexity index is 709. The van der Waals surface area contributed by atoms with Gasteiger partial charge in [-0.2, -0.15) is 0 Å². The Labute approximate surface area is 156 Å². The summed E-state index contributed by atoms with van der Waals surface area (Å²) in [7, 11) is 1.63. The summed E-state index contributed by atoms with van der Waals surface area (Å²) in [5.74, 6) is 1.56. The van der Waals surface area contributed by atoms with Crippen LogP contribution in [0.5, 0.6) is 5.75 Å². The fourth-order valence-electron chi connectivity index (χ4n) is 3.77. The minimum absolute atomic E-state index is 0.0427. The van der Waals surface area contributed by atoms with E-state index in [0.29, 0.717) is 0 Å². The average Bonchev–Trinajstić information content (AvgIpc) is 2.69. The molecule has 1 aliphatic heterocycles. The number of ether oxygens (including phenoxy) is 1. The summed E-state index contributed by atoms with van der Waals surface area (Å²) in [4.78, 5) is 14.0.